The van der Waals surface area contributed by atoms with Gasteiger partial charge in [0, 0.05) is 12.7 Å². The summed E-state index contributed by atoms with van der Waals surface area (Å²) in [5.41, 5.74) is 1.63. The molecule has 0 aliphatic carbocycles. The van der Waals surface area contributed by atoms with Crippen molar-refractivity contribution in [3.05, 3.63) is 53.6 Å². The van der Waals surface area contributed by atoms with E-state index in [4.69, 9.17) is 10.2 Å². The predicted molar refractivity (Wildman–Crippen MR) is 79.6 cm³/mol. The number of phenolic OH excluding ortho intramolecular Hbond substituents is 3. The molecule has 0 radical (unpaired) electrons. The molecule has 106 valence electrons. The number of phenols is 3. The molecule has 0 aliphatic rings. The van der Waals surface area contributed by atoms with Crippen LogP contribution in [0.2, 0.25) is 0 Å². The standard InChI is InChI=1S/C14H12O3.C2H6O/c15-12-5-3-10(4-6-12)1-2-11-7-13(16)9-14(17)8-11;1-2-3/h1-9,15-17H;3H,2H2,1H3/b2-1+;. The van der Waals surface area contributed by atoms with Crippen LogP contribution in [0.25, 0.3) is 12.2 Å². The molecule has 0 atom stereocenters. The van der Waals surface area contributed by atoms with E-state index in [9.17, 15) is 10.2 Å². The van der Waals surface area contributed by atoms with Crippen molar-refractivity contribution in [3.63, 3.8) is 0 Å². The average molecular weight is 274 g/mol. The van der Waals surface area contributed by atoms with E-state index in [0.29, 0.717) is 5.56 Å². The topological polar surface area (TPSA) is 80.9 Å². The Morgan fingerprint density at radius 3 is 1.70 bits per heavy atom. The maximum Gasteiger partial charge on any atom is 0.119 e. The monoisotopic (exact) mass is 274 g/mol. The summed E-state index contributed by atoms with van der Waals surface area (Å²) < 4.78 is 0. The van der Waals surface area contributed by atoms with Crippen LogP contribution < -0.4 is 0 Å². The molecule has 2 rings (SSSR count). The number of rotatable bonds is 2. The Kier molecular flexibility index (Phi) is 6.13. The van der Waals surface area contributed by atoms with Gasteiger partial charge in [-0.15, -0.1) is 0 Å². The second-order valence-electron chi connectivity index (χ2n) is 4.02. The van der Waals surface area contributed by atoms with E-state index in [0.717, 1.165) is 5.56 Å². The van der Waals surface area contributed by atoms with Crippen LogP contribution in [-0.2, 0) is 0 Å². The molecule has 0 aromatic heterocycles. The van der Waals surface area contributed by atoms with E-state index < -0.39 is 0 Å². The Morgan fingerprint density at radius 2 is 1.20 bits per heavy atom. The third-order valence-corrected chi connectivity index (χ3v) is 2.29. The van der Waals surface area contributed by atoms with Crippen LogP contribution in [0.1, 0.15) is 18.1 Å². The lowest BCUT2D eigenvalue weighted by molar-refractivity contribution is 0.318. The summed E-state index contributed by atoms with van der Waals surface area (Å²) in [5.74, 6) is 0.267. The second kappa shape index (κ2) is 7.86. The van der Waals surface area contributed by atoms with Crippen LogP contribution in [0.5, 0.6) is 17.2 Å². The first-order valence-corrected chi connectivity index (χ1v) is 6.16. The fourth-order valence-electron chi connectivity index (χ4n) is 1.49. The van der Waals surface area contributed by atoms with E-state index in [2.05, 4.69) is 0 Å². The van der Waals surface area contributed by atoms with Gasteiger partial charge >= 0.3 is 0 Å². The highest BCUT2D eigenvalue weighted by molar-refractivity contribution is 5.71. The summed E-state index contributed by atoms with van der Waals surface area (Å²) in [7, 11) is 0. The highest BCUT2D eigenvalue weighted by Gasteiger charge is 1.95. The highest BCUT2D eigenvalue weighted by atomic mass is 16.3. The molecular formula is C16H18O4. The summed E-state index contributed by atoms with van der Waals surface area (Å²) in [6.07, 6.45) is 3.60. The van der Waals surface area contributed by atoms with E-state index in [1.807, 2.05) is 6.08 Å². The number of aromatic hydroxyl groups is 3. The molecule has 0 saturated carbocycles. The molecule has 4 N–H and O–H groups in total. The quantitative estimate of drug-likeness (QED) is 0.635. The molecular weight excluding hydrogens is 256 g/mol. The Balaban J connectivity index is 0.000000612. The van der Waals surface area contributed by atoms with Gasteiger partial charge in [-0.2, -0.15) is 0 Å². The van der Waals surface area contributed by atoms with Gasteiger partial charge in [-0.3, -0.25) is 0 Å². The van der Waals surface area contributed by atoms with Gasteiger partial charge in [0.05, 0.1) is 0 Å². The number of hydrogen-bond acceptors (Lipinski definition) is 4. The van der Waals surface area contributed by atoms with Crippen LogP contribution in [0.4, 0.5) is 0 Å². The van der Waals surface area contributed by atoms with Crippen LogP contribution >= 0.6 is 0 Å². The van der Waals surface area contributed by atoms with Crippen molar-refractivity contribution < 1.29 is 20.4 Å². The molecule has 0 spiro atoms. The smallest absolute Gasteiger partial charge is 0.119 e. The van der Waals surface area contributed by atoms with Crippen molar-refractivity contribution in [2.24, 2.45) is 0 Å². The molecule has 0 unspecified atom stereocenters. The molecule has 0 fully saturated rings. The summed E-state index contributed by atoms with van der Waals surface area (Å²) in [4.78, 5) is 0. The maximum atomic E-state index is 9.30. The van der Waals surface area contributed by atoms with Crippen molar-refractivity contribution in [2.75, 3.05) is 6.61 Å². The minimum Gasteiger partial charge on any atom is -0.508 e. The molecule has 0 amide bonds. The first kappa shape index (κ1) is 15.6. The molecule has 4 heteroatoms. The number of benzene rings is 2. The van der Waals surface area contributed by atoms with Crippen LogP contribution in [0.3, 0.4) is 0 Å². The predicted octanol–water partition coefficient (Wildman–Crippen LogP) is 2.97. The Hall–Kier alpha value is -2.46. The fraction of sp³-hybridized carbons (Fsp3) is 0.125. The fourth-order valence-corrected chi connectivity index (χ4v) is 1.49. The Morgan fingerprint density at radius 1 is 0.750 bits per heavy atom. The molecule has 0 heterocycles. The zero-order valence-corrected chi connectivity index (χ0v) is 11.2. The van der Waals surface area contributed by atoms with E-state index in [1.54, 1.807) is 49.4 Å². The van der Waals surface area contributed by atoms with Crippen molar-refractivity contribution in [3.8, 4) is 17.2 Å². The van der Waals surface area contributed by atoms with Gasteiger partial charge in [0.15, 0.2) is 0 Å². The van der Waals surface area contributed by atoms with Crippen molar-refractivity contribution in [1.82, 2.24) is 0 Å². The summed E-state index contributed by atoms with van der Waals surface area (Å²) in [6.45, 7) is 1.93. The molecule has 0 saturated heterocycles. The van der Waals surface area contributed by atoms with Crippen molar-refractivity contribution in [1.29, 1.82) is 0 Å². The minimum absolute atomic E-state index is 0.0235. The van der Waals surface area contributed by atoms with E-state index in [1.165, 1.54) is 6.07 Å². The lowest BCUT2D eigenvalue weighted by Gasteiger charge is -1.98. The Labute approximate surface area is 117 Å². The lowest BCUT2D eigenvalue weighted by atomic mass is 10.1. The molecule has 0 aliphatic heterocycles. The van der Waals surface area contributed by atoms with Crippen LogP contribution in [0, 0.1) is 0 Å². The number of aliphatic hydroxyl groups is 1. The first-order chi connectivity index (χ1) is 9.55. The van der Waals surface area contributed by atoms with Gasteiger partial charge in [-0.05, 0) is 42.3 Å². The van der Waals surface area contributed by atoms with Gasteiger partial charge in [0.1, 0.15) is 17.2 Å². The zero-order valence-electron chi connectivity index (χ0n) is 11.2. The van der Waals surface area contributed by atoms with Crippen molar-refractivity contribution >= 4 is 12.2 Å². The lowest BCUT2D eigenvalue weighted by Crippen LogP contribution is -1.74. The largest absolute Gasteiger partial charge is 0.508 e. The molecule has 20 heavy (non-hydrogen) atoms. The second-order valence-corrected chi connectivity index (χ2v) is 4.02. The van der Waals surface area contributed by atoms with Gasteiger partial charge < -0.3 is 20.4 Å². The number of hydrogen-bond donors (Lipinski definition) is 4. The van der Waals surface area contributed by atoms with E-state index in [-0.39, 0.29) is 23.9 Å². The highest BCUT2D eigenvalue weighted by Crippen LogP contribution is 2.22. The van der Waals surface area contributed by atoms with Gasteiger partial charge in [-0.1, -0.05) is 24.3 Å². The molecule has 2 aromatic carbocycles. The SMILES string of the molecule is CCO.Oc1ccc(/C=C/c2cc(O)cc(O)c2)cc1. The molecule has 0 bridgehead atoms. The van der Waals surface area contributed by atoms with Gasteiger partial charge in [0.2, 0.25) is 0 Å². The van der Waals surface area contributed by atoms with Crippen LogP contribution in [0.15, 0.2) is 42.5 Å². The van der Waals surface area contributed by atoms with E-state index >= 15 is 0 Å². The summed E-state index contributed by atoms with van der Waals surface area (Å²) >= 11 is 0. The zero-order chi connectivity index (χ0) is 15.0. The summed E-state index contributed by atoms with van der Waals surface area (Å²) in [6, 6.07) is 11.1. The third-order valence-electron chi connectivity index (χ3n) is 2.29. The third kappa shape index (κ3) is 5.46. The molecule has 4 nitrogen and oxygen atoms in total. The minimum atomic E-state index is 0.0235. The van der Waals surface area contributed by atoms with Crippen LogP contribution in [-0.4, -0.2) is 27.0 Å². The molecule has 2 aromatic rings. The normalized spacial score (nSPS) is 10.1. The van der Waals surface area contributed by atoms with Gasteiger partial charge in [-0.25, -0.2) is 0 Å². The average Bonchev–Trinajstić information content (AvgIpc) is 2.38. The maximum absolute atomic E-state index is 9.30. The summed E-state index contributed by atoms with van der Waals surface area (Å²) in [5, 5.41) is 35.3. The first-order valence-electron chi connectivity index (χ1n) is 6.16. The Bertz CT molecular complexity index is 539. The van der Waals surface area contributed by atoms with Crippen molar-refractivity contribution in [2.45, 2.75) is 6.92 Å². The number of aliphatic hydroxyl groups excluding tert-OH is 1. The van der Waals surface area contributed by atoms with Gasteiger partial charge in [0.25, 0.3) is 0 Å².